The third kappa shape index (κ3) is 5.71. The van der Waals surface area contributed by atoms with E-state index in [1.807, 2.05) is 52.0 Å². The molecule has 3 heteroatoms. The second kappa shape index (κ2) is 5.89. The summed E-state index contributed by atoms with van der Waals surface area (Å²) in [6.45, 7) is 7.98. The average Bonchev–Trinajstić information content (AvgIpc) is 2.17. The lowest BCUT2D eigenvalue weighted by atomic mass is 9.98. The first-order valence-corrected chi connectivity index (χ1v) is 6.26. The Bertz CT molecular complexity index is 387. The monoisotopic (exact) mass is 250 g/mol. The normalized spacial score (nSPS) is 13.1. The molecule has 3 nitrogen and oxygen atoms in total. The van der Waals surface area contributed by atoms with Crippen LogP contribution in [0.2, 0.25) is 0 Å². The molecule has 1 N–H and O–H groups in total. The van der Waals surface area contributed by atoms with E-state index in [0.717, 1.165) is 17.7 Å². The van der Waals surface area contributed by atoms with Gasteiger partial charge < -0.3 is 9.84 Å². The lowest BCUT2D eigenvalue weighted by Crippen LogP contribution is -2.22. The minimum atomic E-state index is -0.741. The topological polar surface area (TPSA) is 46.5 Å². The van der Waals surface area contributed by atoms with Crippen LogP contribution in [0.1, 0.15) is 39.7 Å². The molecule has 0 radical (unpaired) electrons. The van der Waals surface area contributed by atoms with Crippen LogP contribution in [0.25, 0.3) is 0 Å². The average molecular weight is 250 g/mol. The molecule has 1 rings (SSSR count). The predicted molar refractivity (Wildman–Crippen MR) is 71.9 cm³/mol. The molecule has 0 spiro atoms. The number of benzene rings is 1. The highest BCUT2D eigenvalue weighted by molar-refractivity contribution is 5.67. The molecule has 0 saturated carbocycles. The zero-order valence-electron chi connectivity index (χ0n) is 11.6. The van der Waals surface area contributed by atoms with Crippen molar-refractivity contribution >= 4 is 5.97 Å². The second-order valence-electron chi connectivity index (χ2n) is 5.77. The number of hydrogen-bond donors (Lipinski definition) is 1. The van der Waals surface area contributed by atoms with Crippen LogP contribution in [0.3, 0.4) is 0 Å². The van der Waals surface area contributed by atoms with Gasteiger partial charge in [0.05, 0.1) is 0 Å². The predicted octanol–water partition coefficient (Wildman–Crippen LogP) is 3.52. The molecule has 0 unspecified atom stereocenters. The smallest absolute Gasteiger partial charge is 0.303 e. The zero-order valence-corrected chi connectivity index (χ0v) is 11.6. The Hall–Kier alpha value is -1.51. The maximum Gasteiger partial charge on any atom is 0.303 e. The van der Waals surface area contributed by atoms with Gasteiger partial charge >= 0.3 is 5.97 Å². The second-order valence-corrected chi connectivity index (χ2v) is 5.77. The van der Waals surface area contributed by atoms with Gasteiger partial charge in [-0.15, -0.1) is 0 Å². The minimum Gasteiger partial charge on any atom is -0.488 e. The van der Waals surface area contributed by atoms with Crippen LogP contribution >= 0.6 is 0 Å². The summed E-state index contributed by atoms with van der Waals surface area (Å²) in [5.41, 5.74) is 0.947. The van der Waals surface area contributed by atoms with Crippen molar-refractivity contribution in [2.75, 3.05) is 0 Å². The van der Waals surface area contributed by atoms with E-state index in [1.54, 1.807) is 0 Å². The third-order valence-electron chi connectivity index (χ3n) is 2.45. The number of carboxylic acids is 1. The van der Waals surface area contributed by atoms with Gasteiger partial charge in [-0.05, 0) is 50.8 Å². The Morgan fingerprint density at radius 1 is 1.28 bits per heavy atom. The Kier molecular flexibility index (Phi) is 4.76. The molecule has 0 aliphatic heterocycles. The van der Waals surface area contributed by atoms with Crippen molar-refractivity contribution in [1.82, 2.24) is 0 Å². The summed E-state index contributed by atoms with van der Waals surface area (Å²) < 4.78 is 5.73. The highest BCUT2D eigenvalue weighted by Crippen LogP contribution is 2.20. The summed E-state index contributed by atoms with van der Waals surface area (Å²) in [6.07, 6.45) is 0.988. The van der Waals surface area contributed by atoms with E-state index in [4.69, 9.17) is 9.84 Å². The molecule has 1 aromatic rings. The Morgan fingerprint density at radius 3 is 2.28 bits per heavy atom. The van der Waals surface area contributed by atoms with Crippen LogP contribution in [0.15, 0.2) is 24.3 Å². The maximum absolute atomic E-state index is 10.6. The van der Waals surface area contributed by atoms with E-state index in [0.29, 0.717) is 0 Å². The number of ether oxygens (including phenoxy) is 1. The van der Waals surface area contributed by atoms with Crippen LogP contribution in [-0.2, 0) is 11.2 Å². The first-order chi connectivity index (χ1) is 8.26. The van der Waals surface area contributed by atoms with Crippen molar-refractivity contribution in [3.8, 4) is 5.75 Å². The molecule has 0 fully saturated rings. The van der Waals surface area contributed by atoms with Gasteiger partial charge in [-0.2, -0.15) is 0 Å². The van der Waals surface area contributed by atoms with Gasteiger partial charge in [0.1, 0.15) is 11.4 Å². The molecule has 1 aromatic carbocycles. The first kappa shape index (κ1) is 14.6. The van der Waals surface area contributed by atoms with Crippen LogP contribution in [0, 0.1) is 5.92 Å². The van der Waals surface area contributed by atoms with Crippen molar-refractivity contribution in [2.24, 2.45) is 5.92 Å². The fourth-order valence-corrected chi connectivity index (χ4v) is 1.82. The summed E-state index contributed by atoms with van der Waals surface area (Å²) in [6, 6.07) is 7.88. The number of aliphatic carboxylic acids is 1. The van der Waals surface area contributed by atoms with Crippen molar-refractivity contribution in [1.29, 1.82) is 0 Å². The van der Waals surface area contributed by atoms with Crippen LogP contribution in [0.4, 0.5) is 0 Å². The summed E-state index contributed by atoms with van der Waals surface area (Å²) in [5.74, 6) is 0.254. The quantitative estimate of drug-likeness (QED) is 0.869. The summed E-state index contributed by atoms with van der Waals surface area (Å²) in [4.78, 5) is 10.6. The van der Waals surface area contributed by atoms with Gasteiger partial charge in [-0.25, -0.2) is 0 Å². The van der Waals surface area contributed by atoms with Crippen molar-refractivity contribution in [3.05, 3.63) is 29.8 Å². The maximum atomic E-state index is 10.6. The lowest BCUT2D eigenvalue weighted by molar-refractivity contribution is -0.137. The first-order valence-electron chi connectivity index (χ1n) is 6.26. The van der Waals surface area contributed by atoms with Crippen molar-refractivity contribution < 1.29 is 14.6 Å². The van der Waals surface area contributed by atoms with Gasteiger partial charge in [-0.3, -0.25) is 4.79 Å². The Labute approximate surface area is 109 Å². The van der Waals surface area contributed by atoms with E-state index in [-0.39, 0.29) is 17.9 Å². The summed E-state index contributed by atoms with van der Waals surface area (Å²) >= 11 is 0. The number of carboxylic acid groups (broad SMARTS) is 1. The highest BCUT2D eigenvalue weighted by atomic mass is 16.5. The molecular formula is C15H22O3. The molecule has 0 amide bonds. The molecule has 0 aliphatic rings. The van der Waals surface area contributed by atoms with Crippen LogP contribution in [-0.4, -0.2) is 16.7 Å². The molecule has 0 aromatic heterocycles. The van der Waals surface area contributed by atoms with Crippen LogP contribution in [0.5, 0.6) is 5.75 Å². The fourth-order valence-electron chi connectivity index (χ4n) is 1.82. The molecule has 0 bridgehead atoms. The zero-order chi connectivity index (χ0) is 13.8. The van der Waals surface area contributed by atoms with E-state index >= 15 is 0 Å². The molecule has 0 saturated heterocycles. The molecular weight excluding hydrogens is 228 g/mol. The lowest BCUT2D eigenvalue weighted by Gasteiger charge is -2.21. The van der Waals surface area contributed by atoms with Gasteiger partial charge in [0.15, 0.2) is 0 Å². The van der Waals surface area contributed by atoms with E-state index in [1.165, 1.54) is 0 Å². The summed E-state index contributed by atoms with van der Waals surface area (Å²) in [7, 11) is 0. The van der Waals surface area contributed by atoms with E-state index in [2.05, 4.69) is 0 Å². The Morgan fingerprint density at radius 2 is 1.83 bits per heavy atom. The standard InChI is InChI=1S/C15H22O3/c1-11(10-14(16)17)9-12-5-7-13(8-6-12)18-15(2,3)4/h5-8,11H,9-10H2,1-4H3,(H,16,17)/t11-/m0/s1. The largest absolute Gasteiger partial charge is 0.488 e. The number of hydrogen-bond acceptors (Lipinski definition) is 2. The molecule has 1 atom stereocenters. The van der Waals surface area contributed by atoms with E-state index < -0.39 is 5.97 Å². The highest BCUT2D eigenvalue weighted by Gasteiger charge is 2.12. The van der Waals surface area contributed by atoms with E-state index in [9.17, 15) is 4.79 Å². The van der Waals surface area contributed by atoms with Crippen molar-refractivity contribution in [2.45, 2.75) is 46.1 Å². The SMILES string of the molecule is C[C@H](CC(=O)O)Cc1ccc(OC(C)(C)C)cc1. The number of carbonyl (C=O) groups is 1. The number of rotatable bonds is 5. The molecule has 0 heterocycles. The van der Waals surface area contributed by atoms with Gasteiger partial charge in [0, 0.05) is 6.42 Å². The molecule has 0 aliphatic carbocycles. The van der Waals surface area contributed by atoms with Gasteiger partial charge in [0.25, 0.3) is 0 Å². The van der Waals surface area contributed by atoms with Gasteiger partial charge in [-0.1, -0.05) is 19.1 Å². The summed E-state index contributed by atoms with van der Waals surface area (Å²) in [5, 5.41) is 8.71. The van der Waals surface area contributed by atoms with Gasteiger partial charge in [0.2, 0.25) is 0 Å². The van der Waals surface area contributed by atoms with Crippen LogP contribution < -0.4 is 4.74 Å². The molecule has 100 valence electrons. The van der Waals surface area contributed by atoms with Crippen molar-refractivity contribution in [3.63, 3.8) is 0 Å². The third-order valence-corrected chi connectivity index (χ3v) is 2.45. The molecule has 18 heavy (non-hydrogen) atoms. The minimum absolute atomic E-state index is 0.150. The fraction of sp³-hybridized carbons (Fsp3) is 0.533. The Balaban J connectivity index is 2.57.